The Balaban J connectivity index is 2.20. The number of hydrogen-bond donors (Lipinski definition) is 1. The second-order valence-corrected chi connectivity index (χ2v) is 4.46. The summed E-state index contributed by atoms with van der Waals surface area (Å²) in [7, 11) is 1.70. The van der Waals surface area contributed by atoms with Crippen molar-refractivity contribution in [3.63, 3.8) is 0 Å². The third kappa shape index (κ3) is 2.14. The van der Waals surface area contributed by atoms with Gasteiger partial charge in [-0.2, -0.15) is 0 Å². The van der Waals surface area contributed by atoms with Gasteiger partial charge < -0.3 is 15.0 Å². The van der Waals surface area contributed by atoms with Gasteiger partial charge in [0.25, 0.3) is 0 Å². The van der Waals surface area contributed by atoms with Crippen molar-refractivity contribution in [2.75, 3.05) is 25.1 Å². The molecule has 1 fully saturated rings. The number of ether oxygens (including phenoxy) is 1. The van der Waals surface area contributed by atoms with Gasteiger partial charge in [0.2, 0.25) is 0 Å². The quantitative estimate of drug-likeness (QED) is 0.823. The Morgan fingerprint density at radius 3 is 2.19 bits per heavy atom. The Morgan fingerprint density at radius 2 is 1.69 bits per heavy atom. The van der Waals surface area contributed by atoms with Gasteiger partial charge in [0.15, 0.2) is 0 Å². The van der Waals surface area contributed by atoms with E-state index in [0.29, 0.717) is 12.1 Å². The Kier molecular flexibility index (Phi) is 3.34. The smallest absolute Gasteiger partial charge is 0.119 e. The van der Waals surface area contributed by atoms with Crippen LogP contribution in [0.5, 0.6) is 5.75 Å². The number of piperazine rings is 1. The second kappa shape index (κ2) is 4.74. The molecule has 88 valence electrons. The van der Waals surface area contributed by atoms with E-state index in [1.54, 1.807) is 7.11 Å². The predicted molar refractivity (Wildman–Crippen MR) is 67.3 cm³/mol. The van der Waals surface area contributed by atoms with Gasteiger partial charge >= 0.3 is 0 Å². The molecular weight excluding hydrogens is 200 g/mol. The van der Waals surface area contributed by atoms with Gasteiger partial charge in [0.05, 0.1) is 7.11 Å². The van der Waals surface area contributed by atoms with Crippen LogP contribution in [-0.2, 0) is 0 Å². The van der Waals surface area contributed by atoms with Crippen LogP contribution < -0.4 is 15.0 Å². The lowest BCUT2D eigenvalue weighted by molar-refractivity contribution is 0.413. The molecule has 1 N–H and O–H groups in total. The van der Waals surface area contributed by atoms with Crippen molar-refractivity contribution in [2.24, 2.45) is 0 Å². The highest BCUT2D eigenvalue weighted by molar-refractivity contribution is 5.51. The minimum absolute atomic E-state index is 0.539. The number of benzene rings is 1. The molecule has 2 atom stereocenters. The average Bonchev–Trinajstić information content (AvgIpc) is 2.30. The van der Waals surface area contributed by atoms with E-state index in [1.165, 1.54) is 5.69 Å². The summed E-state index contributed by atoms with van der Waals surface area (Å²) in [5, 5.41) is 3.44. The molecule has 3 nitrogen and oxygen atoms in total. The van der Waals surface area contributed by atoms with Gasteiger partial charge in [-0.05, 0) is 38.1 Å². The summed E-state index contributed by atoms with van der Waals surface area (Å²) in [6.45, 7) is 6.62. The predicted octanol–water partition coefficient (Wildman–Crippen LogP) is 1.88. The molecule has 3 heteroatoms. The lowest BCUT2D eigenvalue weighted by Crippen LogP contribution is -2.55. The molecule has 1 aliphatic rings. The van der Waals surface area contributed by atoms with E-state index in [4.69, 9.17) is 4.74 Å². The number of hydrogen-bond acceptors (Lipinski definition) is 3. The van der Waals surface area contributed by atoms with E-state index in [2.05, 4.69) is 36.2 Å². The van der Waals surface area contributed by atoms with Crippen molar-refractivity contribution in [2.45, 2.75) is 25.9 Å². The van der Waals surface area contributed by atoms with Gasteiger partial charge in [-0.3, -0.25) is 0 Å². The standard InChI is InChI=1S/C13H20N2O/c1-10-8-14-9-11(2)15(10)12-4-6-13(16-3)7-5-12/h4-7,10-11,14H,8-9H2,1-3H3/t10-,11+. The first-order valence-electron chi connectivity index (χ1n) is 5.85. The molecule has 0 bridgehead atoms. The summed E-state index contributed by atoms with van der Waals surface area (Å²) in [6, 6.07) is 9.40. The molecule has 1 heterocycles. The zero-order valence-electron chi connectivity index (χ0n) is 10.2. The van der Waals surface area contributed by atoms with Crippen molar-refractivity contribution >= 4 is 5.69 Å². The van der Waals surface area contributed by atoms with E-state index in [1.807, 2.05) is 12.1 Å². The van der Waals surface area contributed by atoms with Gasteiger partial charge in [0.1, 0.15) is 5.75 Å². The van der Waals surface area contributed by atoms with Crippen molar-refractivity contribution < 1.29 is 4.74 Å². The molecule has 1 aromatic carbocycles. The third-order valence-electron chi connectivity index (χ3n) is 3.20. The zero-order valence-corrected chi connectivity index (χ0v) is 10.2. The molecule has 0 aromatic heterocycles. The highest BCUT2D eigenvalue weighted by atomic mass is 16.5. The Bertz CT molecular complexity index is 326. The van der Waals surface area contributed by atoms with Crippen LogP contribution in [0.15, 0.2) is 24.3 Å². The second-order valence-electron chi connectivity index (χ2n) is 4.46. The first kappa shape index (κ1) is 11.3. The van der Waals surface area contributed by atoms with E-state index in [-0.39, 0.29) is 0 Å². The summed E-state index contributed by atoms with van der Waals surface area (Å²) in [4.78, 5) is 2.47. The fraction of sp³-hybridized carbons (Fsp3) is 0.538. The number of nitrogens with zero attached hydrogens (tertiary/aromatic N) is 1. The SMILES string of the molecule is COc1ccc(N2[C@H](C)CNC[C@@H]2C)cc1. The van der Waals surface area contributed by atoms with Gasteiger partial charge in [-0.15, -0.1) is 0 Å². The van der Waals surface area contributed by atoms with Crippen molar-refractivity contribution in [3.05, 3.63) is 24.3 Å². The van der Waals surface area contributed by atoms with Crippen LogP contribution in [0.25, 0.3) is 0 Å². The van der Waals surface area contributed by atoms with Gasteiger partial charge in [-0.1, -0.05) is 0 Å². The lowest BCUT2D eigenvalue weighted by Gasteiger charge is -2.41. The Morgan fingerprint density at radius 1 is 1.12 bits per heavy atom. The molecule has 0 spiro atoms. The largest absolute Gasteiger partial charge is 0.497 e. The minimum Gasteiger partial charge on any atom is -0.497 e. The first-order valence-corrected chi connectivity index (χ1v) is 5.85. The van der Waals surface area contributed by atoms with Crippen molar-refractivity contribution in [1.29, 1.82) is 0 Å². The van der Waals surface area contributed by atoms with E-state index >= 15 is 0 Å². The number of anilines is 1. The van der Waals surface area contributed by atoms with Gasteiger partial charge in [0, 0.05) is 30.9 Å². The highest BCUT2D eigenvalue weighted by Crippen LogP contribution is 2.24. The van der Waals surface area contributed by atoms with Crippen LogP contribution in [0.1, 0.15) is 13.8 Å². The fourth-order valence-electron chi connectivity index (χ4n) is 2.40. The molecule has 1 aromatic rings. The van der Waals surface area contributed by atoms with Crippen LogP contribution in [-0.4, -0.2) is 32.3 Å². The first-order chi connectivity index (χ1) is 7.72. The molecule has 0 unspecified atom stereocenters. The molecule has 2 rings (SSSR count). The monoisotopic (exact) mass is 220 g/mol. The summed E-state index contributed by atoms with van der Waals surface area (Å²) in [5.74, 6) is 0.916. The van der Waals surface area contributed by atoms with E-state index in [9.17, 15) is 0 Å². The maximum atomic E-state index is 5.18. The maximum absolute atomic E-state index is 5.18. The van der Waals surface area contributed by atoms with Crippen molar-refractivity contribution in [1.82, 2.24) is 5.32 Å². The summed E-state index contributed by atoms with van der Waals surface area (Å²) in [5.41, 5.74) is 1.28. The molecular formula is C13H20N2O. The van der Waals surface area contributed by atoms with E-state index < -0.39 is 0 Å². The number of nitrogens with one attached hydrogen (secondary N) is 1. The number of methoxy groups -OCH3 is 1. The molecule has 0 amide bonds. The third-order valence-corrected chi connectivity index (χ3v) is 3.20. The molecule has 16 heavy (non-hydrogen) atoms. The molecule has 0 saturated carbocycles. The minimum atomic E-state index is 0.539. The fourth-order valence-corrected chi connectivity index (χ4v) is 2.40. The van der Waals surface area contributed by atoms with Crippen LogP contribution in [0.2, 0.25) is 0 Å². The van der Waals surface area contributed by atoms with E-state index in [0.717, 1.165) is 18.8 Å². The zero-order chi connectivity index (χ0) is 11.5. The summed E-state index contributed by atoms with van der Waals surface area (Å²) in [6.07, 6.45) is 0. The molecule has 1 saturated heterocycles. The molecule has 1 aliphatic heterocycles. The van der Waals surface area contributed by atoms with Gasteiger partial charge in [-0.25, -0.2) is 0 Å². The Hall–Kier alpha value is -1.22. The maximum Gasteiger partial charge on any atom is 0.119 e. The average molecular weight is 220 g/mol. The van der Waals surface area contributed by atoms with Crippen LogP contribution >= 0.6 is 0 Å². The molecule has 0 radical (unpaired) electrons. The lowest BCUT2D eigenvalue weighted by atomic mass is 10.1. The summed E-state index contributed by atoms with van der Waals surface area (Å²) < 4.78 is 5.18. The summed E-state index contributed by atoms with van der Waals surface area (Å²) >= 11 is 0. The van der Waals surface area contributed by atoms with Crippen LogP contribution in [0.3, 0.4) is 0 Å². The normalized spacial score (nSPS) is 25.6. The number of rotatable bonds is 2. The topological polar surface area (TPSA) is 24.5 Å². The molecule has 0 aliphatic carbocycles. The van der Waals surface area contributed by atoms with Crippen molar-refractivity contribution in [3.8, 4) is 5.75 Å². The van der Waals surface area contributed by atoms with Crippen LogP contribution in [0.4, 0.5) is 5.69 Å². The van der Waals surface area contributed by atoms with Crippen LogP contribution in [0, 0.1) is 0 Å². The Labute approximate surface area is 97.4 Å². The highest BCUT2D eigenvalue weighted by Gasteiger charge is 2.24.